The Bertz CT molecular complexity index is 357. The van der Waals surface area contributed by atoms with Gasteiger partial charge in [-0.15, -0.1) is 0 Å². The van der Waals surface area contributed by atoms with Crippen molar-refractivity contribution < 1.29 is 19.1 Å². The van der Waals surface area contributed by atoms with Crippen LogP contribution in [-0.2, 0) is 19.1 Å². The number of allylic oxidation sites excluding steroid dienone is 1. The molecule has 0 amide bonds. The molecule has 4 nitrogen and oxygen atoms in total. The van der Waals surface area contributed by atoms with Crippen LogP contribution >= 0.6 is 22.6 Å². The molecule has 1 fully saturated rings. The molecule has 0 aromatic rings. The molecule has 0 aromatic heterocycles. The van der Waals surface area contributed by atoms with E-state index >= 15 is 0 Å². The highest BCUT2D eigenvalue weighted by molar-refractivity contribution is 14.1. The maximum Gasteiger partial charge on any atom is 0.327 e. The minimum atomic E-state index is -1.21. The molecule has 0 saturated heterocycles. The van der Waals surface area contributed by atoms with Gasteiger partial charge in [0.25, 0.3) is 0 Å². The van der Waals surface area contributed by atoms with Crippen LogP contribution in [0.5, 0.6) is 0 Å². The van der Waals surface area contributed by atoms with Crippen LogP contribution in [0, 0.1) is 5.41 Å². The first-order valence-electron chi connectivity index (χ1n) is 6.09. The van der Waals surface area contributed by atoms with Crippen LogP contribution in [0.15, 0.2) is 9.15 Å². The molecule has 0 aliphatic heterocycles. The first-order chi connectivity index (χ1) is 8.54. The van der Waals surface area contributed by atoms with E-state index in [0.717, 1.165) is 34.8 Å². The lowest BCUT2D eigenvalue weighted by Gasteiger charge is -2.35. The van der Waals surface area contributed by atoms with Gasteiger partial charge in [-0.1, -0.05) is 13.3 Å². The standard InChI is InChI=1S/C13H19IO4/c1-4-10(14)9-7-5-6-8-13(9,11(15)17-2)12(16)18-3/h4-8H2,1-3H3/b10-9+. The van der Waals surface area contributed by atoms with E-state index in [0.29, 0.717) is 6.42 Å². The quantitative estimate of drug-likeness (QED) is 0.438. The summed E-state index contributed by atoms with van der Waals surface area (Å²) in [6.07, 6.45) is 3.88. The van der Waals surface area contributed by atoms with Crippen LogP contribution in [0.4, 0.5) is 0 Å². The summed E-state index contributed by atoms with van der Waals surface area (Å²) in [4.78, 5) is 24.3. The number of carbonyl (C=O) groups excluding carboxylic acids is 2. The van der Waals surface area contributed by atoms with Crippen molar-refractivity contribution in [3.05, 3.63) is 9.15 Å². The SMILES string of the molecule is CC/C(I)=C1/CCCCC1(C(=O)OC)C(=O)OC. The fourth-order valence-electron chi connectivity index (χ4n) is 2.52. The molecule has 18 heavy (non-hydrogen) atoms. The van der Waals surface area contributed by atoms with Gasteiger partial charge in [0.05, 0.1) is 14.2 Å². The number of halogens is 1. The van der Waals surface area contributed by atoms with Crippen molar-refractivity contribution in [3.63, 3.8) is 0 Å². The molecule has 0 N–H and O–H groups in total. The van der Waals surface area contributed by atoms with Crippen LogP contribution in [0.2, 0.25) is 0 Å². The first-order valence-corrected chi connectivity index (χ1v) is 7.17. The van der Waals surface area contributed by atoms with Gasteiger partial charge in [-0.05, 0) is 57.4 Å². The Labute approximate surface area is 121 Å². The highest BCUT2D eigenvalue weighted by Crippen LogP contribution is 2.46. The van der Waals surface area contributed by atoms with Crippen molar-refractivity contribution in [1.82, 2.24) is 0 Å². The molecule has 0 bridgehead atoms. The molecular formula is C13H19IO4. The smallest absolute Gasteiger partial charge is 0.327 e. The molecule has 1 aliphatic carbocycles. The molecule has 0 unspecified atom stereocenters. The summed E-state index contributed by atoms with van der Waals surface area (Å²) in [5, 5.41) is 0. The van der Waals surface area contributed by atoms with Crippen molar-refractivity contribution >= 4 is 34.5 Å². The summed E-state index contributed by atoms with van der Waals surface area (Å²) in [7, 11) is 2.64. The largest absolute Gasteiger partial charge is 0.468 e. The van der Waals surface area contributed by atoms with E-state index in [-0.39, 0.29) is 0 Å². The average Bonchev–Trinajstić information content (AvgIpc) is 2.44. The lowest BCUT2D eigenvalue weighted by atomic mass is 9.69. The second kappa shape index (κ2) is 6.54. The zero-order chi connectivity index (χ0) is 13.8. The summed E-state index contributed by atoms with van der Waals surface area (Å²) in [5.74, 6) is -0.988. The molecule has 5 heteroatoms. The summed E-state index contributed by atoms with van der Waals surface area (Å²) in [5.41, 5.74) is -0.329. The zero-order valence-corrected chi connectivity index (χ0v) is 13.2. The highest BCUT2D eigenvalue weighted by atomic mass is 127. The van der Waals surface area contributed by atoms with Crippen LogP contribution in [0.3, 0.4) is 0 Å². The van der Waals surface area contributed by atoms with Gasteiger partial charge in [0.2, 0.25) is 0 Å². The van der Waals surface area contributed by atoms with Gasteiger partial charge in [-0.3, -0.25) is 9.59 Å². The molecule has 1 saturated carbocycles. The third kappa shape index (κ3) is 2.55. The summed E-state index contributed by atoms with van der Waals surface area (Å²) in [6, 6.07) is 0. The number of hydrogen-bond acceptors (Lipinski definition) is 4. The van der Waals surface area contributed by atoms with E-state index in [4.69, 9.17) is 9.47 Å². The topological polar surface area (TPSA) is 52.6 Å². The van der Waals surface area contributed by atoms with Gasteiger partial charge in [0, 0.05) is 0 Å². The van der Waals surface area contributed by atoms with Gasteiger partial charge < -0.3 is 9.47 Å². The number of esters is 2. The van der Waals surface area contributed by atoms with Gasteiger partial charge in [0.1, 0.15) is 0 Å². The number of methoxy groups -OCH3 is 2. The summed E-state index contributed by atoms with van der Waals surface area (Å²) >= 11 is 2.21. The van der Waals surface area contributed by atoms with Crippen molar-refractivity contribution in [2.45, 2.75) is 39.0 Å². The van der Waals surface area contributed by atoms with Gasteiger partial charge in [0.15, 0.2) is 5.41 Å². The predicted molar refractivity (Wildman–Crippen MR) is 76.3 cm³/mol. The van der Waals surface area contributed by atoms with Crippen LogP contribution in [0.1, 0.15) is 39.0 Å². The summed E-state index contributed by atoms with van der Waals surface area (Å²) < 4.78 is 10.8. The Morgan fingerprint density at radius 1 is 1.22 bits per heavy atom. The lowest BCUT2D eigenvalue weighted by molar-refractivity contribution is -0.167. The van der Waals surface area contributed by atoms with Crippen LogP contribution in [0.25, 0.3) is 0 Å². The van der Waals surface area contributed by atoms with Crippen molar-refractivity contribution in [3.8, 4) is 0 Å². The van der Waals surface area contributed by atoms with E-state index < -0.39 is 17.4 Å². The first kappa shape index (κ1) is 15.5. The Morgan fingerprint density at radius 3 is 2.22 bits per heavy atom. The fraction of sp³-hybridized carbons (Fsp3) is 0.692. The normalized spacial score (nSPS) is 21.1. The minimum absolute atomic E-state index is 0.480. The molecular weight excluding hydrogens is 347 g/mol. The third-order valence-electron chi connectivity index (χ3n) is 3.45. The van der Waals surface area contributed by atoms with Crippen molar-refractivity contribution in [2.24, 2.45) is 5.41 Å². The number of rotatable bonds is 3. The molecule has 0 radical (unpaired) electrons. The number of carbonyl (C=O) groups is 2. The molecule has 1 rings (SSSR count). The Kier molecular flexibility index (Phi) is 5.62. The van der Waals surface area contributed by atoms with Gasteiger partial charge in [-0.25, -0.2) is 0 Å². The van der Waals surface area contributed by atoms with E-state index in [9.17, 15) is 9.59 Å². The molecule has 102 valence electrons. The van der Waals surface area contributed by atoms with Gasteiger partial charge in [-0.2, -0.15) is 0 Å². The maximum atomic E-state index is 12.2. The molecule has 0 spiro atoms. The monoisotopic (exact) mass is 366 g/mol. The third-order valence-corrected chi connectivity index (χ3v) is 4.86. The molecule has 0 atom stereocenters. The Morgan fingerprint density at radius 2 is 1.78 bits per heavy atom. The number of ether oxygens (including phenoxy) is 2. The maximum absolute atomic E-state index is 12.2. The van der Waals surface area contributed by atoms with E-state index in [1.807, 2.05) is 6.92 Å². The van der Waals surface area contributed by atoms with E-state index in [2.05, 4.69) is 22.6 Å². The Balaban J connectivity index is 3.37. The molecule has 0 aromatic carbocycles. The van der Waals surface area contributed by atoms with E-state index in [1.165, 1.54) is 14.2 Å². The van der Waals surface area contributed by atoms with Crippen LogP contribution < -0.4 is 0 Å². The van der Waals surface area contributed by atoms with E-state index in [1.54, 1.807) is 0 Å². The van der Waals surface area contributed by atoms with Crippen molar-refractivity contribution in [1.29, 1.82) is 0 Å². The Hall–Kier alpha value is -0.590. The fourth-order valence-corrected chi connectivity index (χ4v) is 3.25. The highest BCUT2D eigenvalue weighted by Gasteiger charge is 2.53. The lowest BCUT2D eigenvalue weighted by Crippen LogP contribution is -2.45. The second-order valence-corrected chi connectivity index (χ2v) is 5.63. The molecule has 0 heterocycles. The predicted octanol–water partition coefficient (Wildman–Crippen LogP) is 2.99. The van der Waals surface area contributed by atoms with Crippen LogP contribution in [-0.4, -0.2) is 26.2 Å². The average molecular weight is 366 g/mol. The molecule has 1 aliphatic rings. The number of hydrogen-bond donors (Lipinski definition) is 0. The minimum Gasteiger partial charge on any atom is -0.468 e. The van der Waals surface area contributed by atoms with Crippen molar-refractivity contribution in [2.75, 3.05) is 14.2 Å². The summed E-state index contributed by atoms with van der Waals surface area (Å²) in [6.45, 7) is 2.02. The zero-order valence-electron chi connectivity index (χ0n) is 11.0. The second-order valence-electron chi connectivity index (χ2n) is 4.33. The van der Waals surface area contributed by atoms with Gasteiger partial charge >= 0.3 is 11.9 Å².